The zero-order valence-electron chi connectivity index (χ0n) is 61.6. The number of nitrogens with one attached hydrogen (secondary N) is 6. The van der Waals surface area contributed by atoms with Gasteiger partial charge >= 0.3 is 0 Å². The number of likely N-dealkylation sites (tertiary alicyclic amines) is 2. The Morgan fingerprint density at radius 1 is 0.491 bits per heavy atom. The first kappa shape index (κ1) is 80.6. The van der Waals surface area contributed by atoms with Crippen LogP contribution in [0.1, 0.15) is 140 Å². The number of nitrogens with zero attached hydrogens (tertiary/aromatic N) is 10. The molecule has 2 saturated heterocycles. The Hall–Kier alpha value is -9.92. The molecule has 2 fully saturated rings. The third-order valence-electron chi connectivity index (χ3n) is 16.4. The van der Waals surface area contributed by atoms with Crippen LogP contribution >= 0.6 is 69.3 Å². The smallest absolute Gasteiger partial charge is 0.252 e. The molecule has 6 N–H and O–H groups in total. The summed E-state index contributed by atoms with van der Waals surface area (Å²) in [4.78, 5) is 108. The van der Waals surface area contributed by atoms with E-state index in [0.29, 0.717) is 78.2 Å². The molecule has 31 heteroatoms. The third-order valence-corrected chi connectivity index (χ3v) is 22.7. The Labute approximate surface area is 652 Å². The predicted octanol–water partition coefficient (Wildman–Crippen LogP) is 16.1. The number of benzene rings is 2. The van der Waals surface area contributed by atoms with Crippen LogP contribution in [0.5, 0.6) is 0 Å². The van der Waals surface area contributed by atoms with Gasteiger partial charge in [-0.25, -0.2) is 29.9 Å². The minimum absolute atomic E-state index is 0.0333. The second kappa shape index (κ2) is 37.3. The maximum Gasteiger partial charge on any atom is 0.252 e. The number of hydrogen-bond donors (Lipinski definition) is 6. The Balaban J connectivity index is 0.000000173. The number of oxazole rings is 3. The quantitative estimate of drug-likeness (QED) is 0.0206. The molecule has 2 aliphatic heterocycles. The monoisotopic (exact) mass is 1570 g/mol. The summed E-state index contributed by atoms with van der Waals surface area (Å²) >= 11 is 9.48. The number of rotatable bonds is 27. The molecule has 2 atom stereocenters. The maximum absolute atomic E-state index is 13.1. The fourth-order valence-corrected chi connectivity index (χ4v) is 15.9. The van der Waals surface area contributed by atoms with Crippen molar-refractivity contribution in [2.75, 3.05) is 45.0 Å². The highest BCUT2D eigenvalue weighted by molar-refractivity contribution is 8.01. The molecule has 108 heavy (non-hydrogen) atoms. The van der Waals surface area contributed by atoms with Crippen molar-refractivity contribution in [1.82, 2.24) is 49.3 Å². The van der Waals surface area contributed by atoms with Crippen LogP contribution in [-0.2, 0) is 77.1 Å². The highest BCUT2D eigenvalue weighted by Crippen LogP contribution is 2.37. The Kier molecular flexibility index (Phi) is 27.8. The molecular weight excluding hydrogens is 1490 g/mol. The number of amides is 5. The van der Waals surface area contributed by atoms with Gasteiger partial charge in [-0.05, 0) is 97.5 Å². The van der Waals surface area contributed by atoms with Crippen LogP contribution in [0.25, 0.3) is 0 Å². The molecule has 8 aromatic heterocycles. The first-order chi connectivity index (χ1) is 51.6. The molecule has 5 amide bonds. The van der Waals surface area contributed by atoms with E-state index < -0.39 is 0 Å². The van der Waals surface area contributed by atoms with Gasteiger partial charge in [0.05, 0.1) is 97.7 Å². The predicted molar refractivity (Wildman–Crippen MR) is 431 cm³/mol. The van der Waals surface area contributed by atoms with E-state index in [2.05, 4.69) is 149 Å². The standard InChI is InChI=1S/C26H31N5O3S2.C26H27N5O3S2.C25H30N6O3S2/c1-5-21(32)29-18-10-8-17(9-11-18)15-31-12-6-7-19(24(31)33)30-25-28-14-23(36-25)35-16-22-27-13-20(34-22)26(2,3)4;1-5-21(32)29-19-9-10-31(23(33)12-19)15-17-7-6-8-18(11-17)30-25-28-14-24(36-25)35-16-22-27-13-20(34-22)26(2,3)4;1-5-20(32)29-16-8-9-17(26-11-16)14-31-10-6-7-18(23(31)33)30-24-28-13-22(36-24)35-15-21-27-12-19(34-21)25(2,3)4/h5,8-11,13-14,19H,1,6-7,12,15-16H2,2-4H3,(H,28,30)(H,29,32);5-14H,1,15-16H2,2-4H3,(H,28,30)(H,29,32);5,8-9,11-13,18H,1,6-7,10,14-15H2,2-4H3,(H,28,30)(H,29,32)/t19-;;18-/m1.1/s1. The number of thiazole rings is 3. The van der Waals surface area contributed by atoms with E-state index in [0.717, 1.165) is 106 Å². The summed E-state index contributed by atoms with van der Waals surface area (Å²) in [6.45, 7) is 31.9. The molecule has 0 unspecified atom stereocenters. The second-order valence-electron chi connectivity index (χ2n) is 28.1. The maximum atomic E-state index is 13.1. The lowest BCUT2D eigenvalue weighted by atomic mass is 9.94. The molecule has 0 aliphatic carbocycles. The van der Waals surface area contributed by atoms with Crippen molar-refractivity contribution in [2.45, 2.75) is 166 Å². The molecule has 0 saturated carbocycles. The highest BCUT2D eigenvalue weighted by Gasteiger charge is 2.32. The average molecular weight is 1570 g/mol. The number of carbonyl (C=O) groups is 5. The van der Waals surface area contributed by atoms with Crippen molar-refractivity contribution < 1.29 is 37.2 Å². The number of carbonyl (C=O) groups excluding carboxylic acids is 5. The fourth-order valence-electron chi connectivity index (χ4n) is 10.6. The number of thioether (sulfide) groups is 3. The Bertz CT molecular complexity index is 4610. The summed E-state index contributed by atoms with van der Waals surface area (Å²) in [5.41, 5.74) is 4.91. The van der Waals surface area contributed by atoms with E-state index in [1.54, 1.807) is 94.3 Å². The van der Waals surface area contributed by atoms with Gasteiger partial charge in [-0.15, -0.1) is 35.3 Å². The van der Waals surface area contributed by atoms with E-state index in [1.807, 2.05) is 83.0 Å². The zero-order chi connectivity index (χ0) is 77.1. The molecule has 0 spiro atoms. The van der Waals surface area contributed by atoms with Crippen LogP contribution in [0.4, 0.5) is 38.1 Å². The molecule has 566 valence electrons. The van der Waals surface area contributed by atoms with Crippen LogP contribution in [0.2, 0.25) is 0 Å². The lowest BCUT2D eigenvalue weighted by Gasteiger charge is -2.32. The largest absolute Gasteiger partial charge is 0.444 e. The SMILES string of the molecule is C=CC(=O)Nc1ccc(CN2CCC[C@@H](Nc3ncc(SCc4ncc(C(C)(C)C)o4)s3)C2=O)cc1.C=CC(=O)Nc1ccc(CN2CCC[C@@H](Nc3ncc(SCc4ncc(C(C)(C)C)o4)s3)C2=O)nc1.C=CC(=O)Nc1ccn(Cc2cccc(Nc3ncc(SCc4ncc(C(C)(C)C)o4)s3)c2)c(=O)c1. The number of pyridine rings is 2. The van der Waals surface area contributed by atoms with Gasteiger partial charge in [0.25, 0.3) is 5.56 Å². The van der Waals surface area contributed by atoms with Gasteiger partial charge in [0.1, 0.15) is 29.4 Å². The van der Waals surface area contributed by atoms with Crippen molar-refractivity contribution in [3.8, 4) is 0 Å². The fraction of sp³-hybridized carbons (Fsp3) is 0.338. The van der Waals surface area contributed by atoms with Gasteiger partial charge in [-0.2, -0.15) is 0 Å². The van der Waals surface area contributed by atoms with E-state index in [1.165, 1.54) is 40.9 Å². The summed E-state index contributed by atoms with van der Waals surface area (Å²) < 4.78 is 22.3. The van der Waals surface area contributed by atoms with Gasteiger partial charge < -0.3 is 59.5 Å². The Morgan fingerprint density at radius 2 is 0.944 bits per heavy atom. The van der Waals surface area contributed by atoms with Crippen LogP contribution in [0, 0.1) is 0 Å². The van der Waals surface area contributed by atoms with Gasteiger partial charge in [0.2, 0.25) is 47.2 Å². The topological polar surface area (TPSA) is 316 Å². The van der Waals surface area contributed by atoms with Crippen molar-refractivity contribution >= 4 is 137 Å². The Morgan fingerprint density at radius 3 is 1.40 bits per heavy atom. The molecule has 12 rings (SSSR count). The lowest BCUT2D eigenvalue weighted by molar-refractivity contribution is -0.135. The molecule has 0 bridgehead atoms. The van der Waals surface area contributed by atoms with Crippen LogP contribution < -0.4 is 37.5 Å². The number of anilines is 7. The van der Waals surface area contributed by atoms with Crippen LogP contribution in [0.15, 0.2) is 191 Å². The minimum Gasteiger partial charge on any atom is -0.444 e. The van der Waals surface area contributed by atoms with Crippen LogP contribution in [-0.4, -0.2) is 104 Å². The lowest BCUT2D eigenvalue weighted by Crippen LogP contribution is -2.47. The molecule has 2 aromatic carbocycles. The number of aromatic nitrogens is 8. The van der Waals surface area contributed by atoms with Gasteiger partial charge in [0.15, 0.2) is 15.4 Å². The summed E-state index contributed by atoms with van der Waals surface area (Å²) in [7, 11) is 0. The van der Waals surface area contributed by atoms with Crippen molar-refractivity contribution in [2.24, 2.45) is 0 Å². The second-order valence-corrected chi connectivity index (χ2v) is 35.1. The zero-order valence-corrected chi connectivity index (χ0v) is 66.5. The van der Waals surface area contributed by atoms with Gasteiger partial charge in [-0.3, -0.25) is 33.8 Å². The van der Waals surface area contributed by atoms with E-state index in [-0.39, 0.29) is 63.4 Å². The molecule has 2 aliphatic rings. The molecule has 25 nitrogen and oxygen atoms in total. The third kappa shape index (κ3) is 24.0. The van der Waals surface area contributed by atoms with E-state index in [9.17, 15) is 28.8 Å². The van der Waals surface area contributed by atoms with Crippen molar-refractivity contribution in [1.29, 1.82) is 0 Å². The van der Waals surface area contributed by atoms with Gasteiger partial charge in [-0.1, -0.05) is 140 Å². The number of hydrogen-bond acceptors (Lipinski definition) is 25. The first-order valence-electron chi connectivity index (χ1n) is 34.7. The molecule has 0 radical (unpaired) electrons. The van der Waals surface area contributed by atoms with Crippen molar-refractivity contribution in [3.05, 3.63) is 222 Å². The first-order valence-corrected chi connectivity index (χ1v) is 40.1. The summed E-state index contributed by atoms with van der Waals surface area (Å²) in [5, 5.41) is 20.2. The normalized spacial score (nSPS) is 14.5. The number of piperidine rings is 2. The molecule has 10 heterocycles. The van der Waals surface area contributed by atoms with Gasteiger partial charge in [0, 0.05) is 65.2 Å². The minimum atomic E-state index is -0.359. The summed E-state index contributed by atoms with van der Waals surface area (Å²) in [6.07, 6.45) is 21.0. The van der Waals surface area contributed by atoms with Crippen LogP contribution in [0.3, 0.4) is 0 Å². The summed E-state index contributed by atoms with van der Waals surface area (Å²) in [6, 6.07) is 21.4. The van der Waals surface area contributed by atoms with E-state index >= 15 is 0 Å². The molecular formula is C77H88N16O9S6. The molecule has 10 aromatic rings. The van der Waals surface area contributed by atoms with Crippen molar-refractivity contribution in [3.63, 3.8) is 0 Å². The van der Waals surface area contributed by atoms with E-state index in [4.69, 9.17) is 13.3 Å². The average Bonchev–Trinajstić information content (AvgIpc) is 1.19. The summed E-state index contributed by atoms with van der Waals surface area (Å²) in [5.74, 6) is 5.80. The highest BCUT2D eigenvalue weighted by atomic mass is 32.2.